The fourth-order valence-electron chi connectivity index (χ4n) is 3.59. The van der Waals surface area contributed by atoms with Gasteiger partial charge in [0.2, 0.25) is 0 Å². The predicted molar refractivity (Wildman–Crippen MR) is 140 cm³/mol. The van der Waals surface area contributed by atoms with Crippen LogP contribution in [0, 0.1) is 13.8 Å². The molecule has 5 rings (SSSR count). The van der Waals surface area contributed by atoms with Crippen molar-refractivity contribution in [2.24, 2.45) is 0 Å². The molecule has 1 amide bonds. The average molecular weight is 499 g/mol. The van der Waals surface area contributed by atoms with Crippen molar-refractivity contribution in [3.8, 4) is 5.75 Å². The molecule has 0 spiro atoms. The van der Waals surface area contributed by atoms with Crippen LogP contribution in [0.25, 0.3) is 10.2 Å². The van der Waals surface area contributed by atoms with Crippen molar-refractivity contribution in [2.45, 2.75) is 30.4 Å². The normalized spacial score (nSPS) is 10.9. The largest absolute Gasteiger partial charge is 0.489 e. The standard InChI is InChI=1S/C27H22N4O2S2/c1-17-18(2)34-26-24(17)27(30-16-29-26)35-23-11-4-3-10-22(23)25(32)31-20-8-5-9-21(13-20)33-15-19-7-6-12-28-14-19/h3-14,16H,15H2,1-2H3,(H,31,32). The molecule has 6 nitrogen and oxygen atoms in total. The molecule has 1 N–H and O–H groups in total. The summed E-state index contributed by atoms with van der Waals surface area (Å²) in [6, 6.07) is 18.8. The van der Waals surface area contributed by atoms with E-state index < -0.39 is 0 Å². The lowest BCUT2D eigenvalue weighted by Crippen LogP contribution is -2.13. The highest BCUT2D eigenvalue weighted by atomic mass is 32.2. The molecule has 0 radical (unpaired) electrons. The third kappa shape index (κ3) is 5.18. The van der Waals surface area contributed by atoms with Gasteiger partial charge in [-0.15, -0.1) is 11.3 Å². The van der Waals surface area contributed by atoms with Crippen LogP contribution in [-0.2, 0) is 6.61 Å². The molecule has 0 unspecified atom stereocenters. The first-order valence-corrected chi connectivity index (χ1v) is 12.6. The Labute approximate surface area is 211 Å². The minimum atomic E-state index is -0.193. The Morgan fingerprint density at radius 1 is 1.06 bits per heavy atom. The highest BCUT2D eigenvalue weighted by Crippen LogP contribution is 2.38. The molecule has 0 fully saturated rings. The van der Waals surface area contributed by atoms with E-state index in [1.54, 1.807) is 30.1 Å². The van der Waals surface area contributed by atoms with Crippen molar-refractivity contribution in [3.63, 3.8) is 0 Å². The van der Waals surface area contributed by atoms with Gasteiger partial charge in [0.1, 0.15) is 28.5 Å². The fraction of sp³-hybridized carbons (Fsp3) is 0.111. The molecule has 0 aliphatic heterocycles. The molecule has 0 atom stereocenters. The van der Waals surface area contributed by atoms with Gasteiger partial charge in [-0.3, -0.25) is 9.78 Å². The lowest BCUT2D eigenvalue weighted by molar-refractivity contribution is 0.102. The molecular weight excluding hydrogens is 476 g/mol. The monoisotopic (exact) mass is 498 g/mol. The SMILES string of the molecule is Cc1sc2ncnc(Sc3ccccc3C(=O)Nc3cccc(OCc4cccnc4)c3)c2c1C. The maximum atomic E-state index is 13.2. The van der Waals surface area contributed by atoms with Crippen LogP contribution in [-0.4, -0.2) is 20.9 Å². The topological polar surface area (TPSA) is 77.0 Å². The van der Waals surface area contributed by atoms with Crippen LogP contribution in [0.15, 0.2) is 89.3 Å². The molecule has 174 valence electrons. The van der Waals surface area contributed by atoms with Gasteiger partial charge in [-0.25, -0.2) is 9.97 Å². The third-order valence-corrected chi connectivity index (χ3v) is 7.68. The van der Waals surface area contributed by atoms with E-state index in [-0.39, 0.29) is 5.91 Å². The van der Waals surface area contributed by atoms with Gasteiger partial charge in [-0.05, 0) is 49.7 Å². The summed E-state index contributed by atoms with van der Waals surface area (Å²) in [6.07, 6.45) is 5.08. The number of fused-ring (bicyclic) bond motifs is 1. The number of aromatic nitrogens is 3. The maximum absolute atomic E-state index is 13.2. The molecule has 0 aliphatic rings. The maximum Gasteiger partial charge on any atom is 0.256 e. The van der Waals surface area contributed by atoms with Crippen molar-refractivity contribution in [1.29, 1.82) is 0 Å². The van der Waals surface area contributed by atoms with Crippen molar-refractivity contribution >= 4 is 44.9 Å². The third-order valence-electron chi connectivity index (χ3n) is 5.49. The first kappa shape index (κ1) is 23.0. The number of carbonyl (C=O) groups excluding carboxylic acids is 1. The summed E-state index contributed by atoms with van der Waals surface area (Å²) < 4.78 is 5.87. The zero-order valence-corrected chi connectivity index (χ0v) is 20.8. The van der Waals surface area contributed by atoms with Crippen LogP contribution in [0.5, 0.6) is 5.75 Å². The number of nitrogens with zero attached hydrogens (tertiary/aromatic N) is 3. The summed E-state index contributed by atoms with van der Waals surface area (Å²) in [6.45, 7) is 4.58. The van der Waals surface area contributed by atoms with E-state index in [1.165, 1.54) is 22.2 Å². The minimum Gasteiger partial charge on any atom is -0.489 e. The van der Waals surface area contributed by atoms with Crippen LogP contribution in [0.1, 0.15) is 26.4 Å². The Morgan fingerprint density at radius 2 is 1.94 bits per heavy atom. The number of carbonyl (C=O) groups is 1. The van der Waals surface area contributed by atoms with Gasteiger partial charge in [0.25, 0.3) is 5.91 Å². The summed E-state index contributed by atoms with van der Waals surface area (Å²) in [4.78, 5) is 29.3. The number of ether oxygens (including phenoxy) is 1. The quantitative estimate of drug-likeness (QED) is 0.252. The van der Waals surface area contributed by atoms with E-state index in [0.717, 1.165) is 25.7 Å². The Kier molecular flexibility index (Phi) is 6.74. The highest BCUT2D eigenvalue weighted by Gasteiger charge is 2.17. The number of hydrogen-bond acceptors (Lipinski definition) is 7. The summed E-state index contributed by atoms with van der Waals surface area (Å²) >= 11 is 3.14. The molecule has 5 aromatic rings. The average Bonchev–Trinajstić information content (AvgIpc) is 3.18. The molecule has 35 heavy (non-hydrogen) atoms. The zero-order valence-electron chi connectivity index (χ0n) is 19.2. The van der Waals surface area contributed by atoms with Gasteiger partial charge >= 0.3 is 0 Å². The van der Waals surface area contributed by atoms with Gasteiger partial charge in [-0.2, -0.15) is 0 Å². The molecule has 3 heterocycles. The number of amides is 1. The number of benzene rings is 2. The van der Waals surface area contributed by atoms with Crippen molar-refractivity contribution in [2.75, 3.05) is 5.32 Å². The summed E-state index contributed by atoms with van der Waals surface area (Å²) in [5.74, 6) is 0.474. The number of hydrogen-bond donors (Lipinski definition) is 1. The predicted octanol–water partition coefficient (Wildman–Crippen LogP) is 6.69. The van der Waals surface area contributed by atoms with Crippen LogP contribution < -0.4 is 10.1 Å². The van der Waals surface area contributed by atoms with E-state index in [1.807, 2.05) is 60.7 Å². The number of rotatable bonds is 7. The van der Waals surface area contributed by atoms with Crippen LogP contribution in [0.4, 0.5) is 5.69 Å². The Balaban J connectivity index is 1.35. The molecule has 3 aromatic heterocycles. The second-order valence-corrected chi connectivity index (χ2v) is 10.1. The lowest BCUT2D eigenvalue weighted by atomic mass is 10.2. The van der Waals surface area contributed by atoms with Crippen molar-refractivity contribution in [3.05, 3.63) is 101 Å². The van der Waals surface area contributed by atoms with Crippen LogP contribution in [0.3, 0.4) is 0 Å². The van der Waals surface area contributed by atoms with Gasteiger partial charge in [-0.1, -0.05) is 36.0 Å². The molecule has 2 aromatic carbocycles. The van der Waals surface area contributed by atoms with Gasteiger partial charge in [0.15, 0.2) is 0 Å². The molecule has 0 aliphatic carbocycles. The highest BCUT2D eigenvalue weighted by molar-refractivity contribution is 7.99. The smallest absolute Gasteiger partial charge is 0.256 e. The number of thiophene rings is 1. The van der Waals surface area contributed by atoms with E-state index >= 15 is 0 Å². The first-order chi connectivity index (χ1) is 17.1. The zero-order chi connectivity index (χ0) is 24.2. The van der Waals surface area contributed by atoms with Gasteiger partial charge < -0.3 is 10.1 Å². The second-order valence-electron chi connectivity index (χ2n) is 7.87. The Morgan fingerprint density at radius 3 is 2.80 bits per heavy atom. The van der Waals surface area contributed by atoms with Crippen LogP contribution >= 0.6 is 23.1 Å². The lowest BCUT2D eigenvalue weighted by Gasteiger charge is -2.12. The Hall–Kier alpha value is -3.75. The van der Waals surface area contributed by atoms with Crippen LogP contribution in [0.2, 0.25) is 0 Å². The Bertz CT molecular complexity index is 1500. The molecule has 0 saturated carbocycles. The fourth-order valence-corrected chi connectivity index (χ4v) is 5.73. The van der Waals surface area contributed by atoms with E-state index in [0.29, 0.717) is 23.6 Å². The number of aryl methyl sites for hydroxylation is 2. The summed E-state index contributed by atoms with van der Waals surface area (Å²) in [5, 5.41) is 4.90. The van der Waals surface area contributed by atoms with E-state index in [2.05, 4.69) is 34.1 Å². The number of nitrogens with one attached hydrogen (secondary N) is 1. The van der Waals surface area contributed by atoms with E-state index in [9.17, 15) is 4.79 Å². The van der Waals surface area contributed by atoms with E-state index in [4.69, 9.17) is 4.74 Å². The molecule has 0 bridgehead atoms. The molecule has 0 saturated heterocycles. The number of anilines is 1. The first-order valence-electron chi connectivity index (χ1n) is 11.0. The second kappa shape index (κ2) is 10.2. The summed E-state index contributed by atoms with van der Waals surface area (Å²) in [5.41, 5.74) is 3.39. The van der Waals surface area contributed by atoms with Crippen molar-refractivity contribution in [1.82, 2.24) is 15.0 Å². The number of pyridine rings is 1. The minimum absolute atomic E-state index is 0.193. The van der Waals surface area contributed by atoms with Gasteiger partial charge in [0, 0.05) is 44.9 Å². The molecule has 8 heteroatoms. The van der Waals surface area contributed by atoms with Gasteiger partial charge in [0.05, 0.1) is 5.56 Å². The molecular formula is C27H22N4O2S2. The summed E-state index contributed by atoms with van der Waals surface area (Å²) in [7, 11) is 0. The van der Waals surface area contributed by atoms with Crippen molar-refractivity contribution < 1.29 is 9.53 Å².